The fourth-order valence-corrected chi connectivity index (χ4v) is 4.72. The lowest BCUT2D eigenvalue weighted by Crippen LogP contribution is -2.65. The van der Waals surface area contributed by atoms with Crippen molar-refractivity contribution in [1.82, 2.24) is 20.1 Å². The van der Waals surface area contributed by atoms with Gasteiger partial charge in [-0.1, -0.05) is 48.3 Å². The Kier molecular flexibility index (Phi) is 6.92. The van der Waals surface area contributed by atoms with Crippen molar-refractivity contribution in [1.29, 1.82) is 0 Å². The zero-order valence-corrected chi connectivity index (χ0v) is 22.0. The van der Waals surface area contributed by atoms with Gasteiger partial charge in [-0.2, -0.15) is 0 Å². The highest BCUT2D eigenvalue weighted by atomic mass is 79.9. The predicted octanol–water partition coefficient (Wildman–Crippen LogP) is 5.93. The zero-order valence-electron chi connectivity index (χ0n) is 19.7. The minimum absolute atomic E-state index is 0.0650. The molecule has 0 spiro atoms. The van der Waals surface area contributed by atoms with Crippen molar-refractivity contribution in [3.63, 3.8) is 0 Å². The molecule has 0 radical (unpaired) electrons. The fourth-order valence-electron chi connectivity index (χ4n) is 4.13. The number of carbonyl (C=O) groups excluding carboxylic acids is 1. The van der Waals surface area contributed by atoms with E-state index in [-0.39, 0.29) is 6.42 Å². The van der Waals surface area contributed by atoms with Gasteiger partial charge in [0.25, 0.3) is 5.91 Å². The summed E-state index contributed by atoms with van der Waals surface area (Å²) in [5, 5.41) is 23.9. The summed E-state index contributed by atoms with van der Waals surface area (Å²) in [7, 11) is 0. The number of anilines is 1. The second kappa shape index (κ2) is 9.62. The van der Waals surface area contributed by atoms with Gasteiger partial charge in [0, 0.05) is 33.2 Å². The summed E-state index contributed by atoms with van der Waals surface area (Å²) in [6.45, 7) is 5.46. The number of halogens is 2. The summed E-state index contributed by atoms with van der Waals surface area (Å²) in [6, 6.07) is 13.0. The average molecular weight is 561 g/mol. The molecule has 1 fully saturated rings. The van der Waals surface area contributed by atoms with Gasteiger partial charge in [-0.05, 0) is 66.3 Å². The van der Waals surface area contributed by atoms with Gasteiger partial charge in [0.2, 0.25) is 0 Å². The van der Waals surface area contributed by atoms with Crippen LogP contribution in [0.5, 0.6) is 0 Å². The first kappa shape index (κ1) is 25.2. The highest BCUT2D eigenvalue weighted by Gasteiger charge is 2.50. The third-order valence-electron chi connectivity index (χ3n) is 6.37. The van der Waals surface area contributed by atoms with Crippen LogP contribution in [0.1, 0.15) is 45.2 Å². The van der Waals surface area contributed by atoms with Crippen LogP contribution < -0.4 is 10.6 Å². The standard InChI is InChI=1S/C25H27BrClN5O3/c1-24(2,3)25(30-23(34)35,13-16-12-17(26)6-11-20(16)27)22(33)29-18-7-4-15(5-8-18)21-31-28-14-32(21)19-9-10-19/h4-8,11-12,14,19,30H,9-10,13H2,1-3H3,(H,29,33)(H,34,35). The van der Waals surface area contributed by atoms with Crippen molar-refractivity contribution in [3.05, 3.63) is 63.9 Å². The summed E-state index contributed by atoms with van der Waals surface area (Å²) in [5.41, 5.74) is -0.221. The molecule has 1 atom stereocenters. The molecule has 3 N–H and O–H groups in total. The number of aromatic nitrogens is 3. The lowest BCUT2D eigenvalue weighted by molar-refractivity contribution is -0.126. The normalized spacial score (nSPS) is 15.3. The quantitative estimate of drug-likeness (QED) is 0.332. The van der Waals surface area contributed by atoms with Crippen LogP contribution in [0, 0.1) is 5.41 Å². The molecule has 8 nitrogen and oxygen atoms in total. The first-order valence-corrected chi connectivity index (χ1v) is 12.4. The van der Waals surface area contributed by atoms with Crippen LogP contribution in [-0.4, -0.2) is 37.4 Å². The Morgan fingerprint density at radius 3 is 2.46 bits per heavy atom. The van der Waals surface area contributed by atoms with Crippen LogP contribution >= 0.6 is 27.5 Å². The highest BCUT2D eigenvalue weighted by Crippen LogP contribution is 2.39. The third kappa shape index (κ3) is 5.36. The van der Waals surface area contributed by atoms with E-state index in [2.05, 4.69) is 41.3 Å². The lowest BCUT2D eigenvalue weighted by Gasteiger charge is -2.43. The summed E-state index contributed by atoms with van der Waals surface area (Å²) in [6.07, 6.45) is 2.75. The number of hydrogen-bond donors (Lipinski definition) is 3. The van der Waals surface area contributed by atoms with Gasteiger partial charge >= 0.3 is 6.09 Å². The molecule has 184 valence electrons. The molecule has 1 aliphatic rings. The van der Waals surface area contributed by atoms with E-state index in [4.69, 9.17) is 11.6 Å². The molecule has 1 heterocycles. The van der Waals surface area contributed by atoms with Crippen LogP contribution in [0.25, 0.3) is 11.4 Å². The smallest absolute Gasteiger partial charge is 0.405 e. The summed E-state index contributed by atoms with van der Waals surface area (Å²) < 4.78 is 2.85. The molecule has 2 amide bonds. The molecule has 2 aromatic carbocycles. The van der Waals surface area contributed by atoms with Gasteiger partial charge in [0.15, 0.2) is 5.82 Å². The minimum Gasteiger partial charge on any atom is -0.465 e. The Morgan fingerprint density at radius 2 is 1.86 bits per heavy atom. The maximum atomic E-state index is 13.8. The maximum absolute atomic E-state index is 13.8. The SMILES string of the molecule is CC(C)(C)C(Cc1cc(Br)ccc1Cl)(NC(=O)O)C(=O)Nc1ccc(-c2nncn2C2CC2)cc1. The number of carbonyl (C=O) groups is 2. The number of rotatable bonds is 7. The molecule has 10 heteroatoms. The Bertz CT molecular complexity index is 1250. The summed E-state index contributed by atoms with van der Waals surface area (Å²) >= 11 is 9.85. The van der Waals surface area contributed by atoms with Gasteiger partial charge in [-0.25, -0.2) is 4.79 Å². The third-order valence-corrected chi connectivity index (χ3v) is 7.23. The van der Waals surface area contributed by atoms with E-state index in [1.807, 2.05) is 32.9 Å². The minimum atomic E-state index is -1.51. The second-order valence-electron chi connectivity index (χ2n) is 9.82. The van der Waals surface area contributed by atoms with E-state index in [0.717, 1.165) is 28.7 Å². The molecule has 3 aromatic rings. The van der Waals surface area contributed by atoms with Crippen LogP contribution in [0.3, 0.4) is 0 Å². The number of amides is 2. The van der Waals surface area contributed by atoms with Crippen LogP contribution in [-0.2, 0) is 11.2 Å². The van der Waals surface area contributed by atoms with E-state index >= 15 is 0 Å². The fraction of sp³-hybridized carbons (Fsp3) is 0.360. The van der Waals surface area contributed by atoms with Gasteiger partial charge in [-0.15, -0.1) is 10.2 Å². The van der Waals surface area contributed by atoms with Gasteiger partial charge in [0.05, 0.1) is 0 Å². The van der Waals surface area contributed by atoms with E-state index in [0.29, 0.717) is 22.3 Å². The topological polar surface area (TPSA) is 109 Å². The van der Waals surface area contributed by atoms with Gasteiger partial charge < -0.3 is 20.3 Å². The van der Waals surface area contributed by atoms with Crippen LogP contribution in [0.2, 0.25) is 5.02 Å². The molecule has 1 unspecified atom stereocenters. The molecule has 0 bridgehead atoms. The molecule has 4 rings (SSSR count). The zero-order chi connectivity index (χ0) is 25.4. The Balaban J connectivity index is 1.64. The highest BCUT2D eigenvalue weighted by molar-refractivity contribution is 9.10. The monoisotopic (exact) mass is 559 g/mol. The lowest BCUT2D eigenvalue weighted by atomic mass is 9.69. The van der Waals surface area contributed by atoms with E-state index in [9.17, 15) is 14.7 Å². The molecule has 1 aromatic heterocycles. The summed E-state index contributed by atoms with van der Waals surface area (Å²) in [5.74, 6) is 0.309. The predicted molar refractivity (Wildman–Crippen MR) is 139 cm³/mol. The first-order valence-electron chi connectivity index (χ1n) is 11.3. The average Bonchev–Trinajstić information content (AvgIpc) is 3.51. The number of hydrogen-bond acceptors (Lipinski definition) is 4. The van der Waals surface area contributed by atoms with Crippen molar-refractivity contribution in [2.75, 3.05) is 5.32 Å². The van der Waals surface area contributed by atoms with Crippen molar-refractivity contribution < 1.29 is 14.7 Å². The Labute approximate surface area is 217 Å². The van der Waals surface area contributed by atoms with Crippen molar-refractivity contribution in [2.24, 2.45) is 5.41 Å². The molecule has 0 saturated heterocycles. The second-order valence-corrected chi connectivity index (χ2v) is 11.1. The van der Waals surface area contributed by atoms with Crippen LogP contribution in [0.4, 0.5) is 10.5 Å². The van der Waals surface area contributed by atoms with E-state index in [1.165, 1.54) is 0 Å². The first-order chi connectivity index (χ1) is 16.5. The Hall–Kier alpha value is -2.91. The summed E-state index contributed by atoms with van der Waals surface area (Å²) in [4.78, 5) is 25.6. The number of carboxylic acid groups (broad SMARTS) is 1. The van der Waals surface area contributed by atoms with Crippen molar-refractivity contribution in [3.8, 4) is 11.4 Å². The molecule has 0 aliphatic heterocycles. The van der Waals surface area contributed by atoms with Crippen LogP contribution in [0.15, 0.2) is 53.3 Å². The molecule has 1 saturated carbocycles. The van der Waals surface area contributed by atoms with E-state index < -0.39 is 23.0 Å². The largest absolute Gasteiger partial charge is 0.465 e. The van der Waals surface area contributed by atoms with Crippen molar-refractivity contribution >= 4 is 45.2 Å². The maximum Gasteiger partial charge on any atom is 0.405 e. The molecular formula is C25H27BrClN5O3. The van der Waals surface area contributed by atoms with E-state index in [1.54, 1.807) is 36.7 Å². The molecule has 1 aliphatic carbocycles. The number of nitrogens with zero attached hydrogens (tertiary/aromatic N) is 3. The number of nitrogens with one attached hydrogen (secondary N) is 2. The molecule has 35 heavy (non-hydrogen) atoms. The van der Waals surface area contributed by atoms with Gasteiger partial charge in [0.1, 0.15) is 11.9 Å². The van der Waals surface area contributed by atoms with Gasteiger partial charge in [-0.3, -0.25) is 4.79 Å². The molecular weight excluding hydrogens is 534 g/mol. The number of benzene rings is 2. The Morgan fingerprint density at radius 1 is 1.17 bits per heavy atom. The van der Waals surface area contributed by atoms with Crippen molar-refractivity contribution in [2.45, 2.75) is 51.6 Å².